The predicted octanol–water partition coefficient (Wildman–Crippen LogP) is 5.72. The normalized spacial score (nSPS) is 11.6. The molecule has 3 aromatic carbocycles. The molecular formula is C32H39FN2O4. The van der Waals surface area contributed by atoms with Gasteiger partial charge >= 0.3 is 0 Å². The molecule has 208 valence electrons. The third-order valence-electron chi connectivity index (χ3n) is 6.24. The summed E-state index contributed by atoms with van der Waals surface area (Å²) in [6.45, 7) is 8.57. The molecule has 0 saturated carbocycles. The molecule has 0 aromatic heterocycles. The van der Waals surface area contributed by atoms with Gasteiger partial charge in [0.05, 0.1) is 13.2 Å². The van der Waals surface area contributed by atoms with Crippen LogP contribution >= 0.6 is 0 Å². The first-order chi connectivity index (χ1) is 18.8. The molecule has 6 nitrogen and oxygen atoms in total. The Kier molecular flexibility index (Phi) is 11.3. The monoisotopic (exact) mass is 534 g/mol. The van der Waals surface area contributed by atoms with Crippen LogP contribution < -0.4 is 14.8 Å². The molecule has 39 heavy (non-hydrogen) atoms. The van der Waals surface area contributed by atoms with Gasteiger partial charge in [0.1, 0.15) is 11.9 Å². The zero-order valence-corrected chi connectivity index (χ0v) is 23.3. The van der Waals surface area contributed by atoms with E-state index in [0.29, 0.717) is 43.1 Å². The third kappa shape index (κ3) is 8.84. The van der Waals surface area contributed by atoms with Crippen LogP contribution in [0.3, 0.4) is 0 Å². The number of aryl methyl sites for hydroxylation is 1. The summed E-state index contributed by atoms with van der Waals surface area (Å²) in [6.07, 6.45) is 0.897. The first kappa shape index (κ1) is 29.7. The maximum absolute atomic E-state index is 14.7. The SMILES string of the molecule is CCOc1ccc(CCC(=O)N(Cc2ccccc2F)[C@@H](Cc2ccccc2)C(=O)NC(C)C)cc1OCC. The number of carbonyl (C=O) groups is 2. The number of amides is 2. The average molecular weight is 535 g/mol. The Morgan fingerprint density at radius 3 is 2.21 bits per heavy atom. The highest BCUT2D eigenvalue weighted by Crippen LogP contribution is 2.29. The van der Waals surface area contributed by atoms with E-state index in [1.807, 2.05) is 76.2 Å². The van der Waals surface area contributed by atoms with E-state index in [1.165, 1.54) is 11.0 Å². The van der Waals surface area contributed by atoms with E-state index in [-0.39, 0.29) is 30.8 Å². The summed E-state index contributed by atoms with van der Waals surface area (Å²) >= 11 is 0. The number of benzene rings is 3. The molecule has 3 aromatic rings. The molecule has 2 amide bonds. The van der Waals surface area contributed by atoms with Gasteiger partial charge in [-0.05, 0) is 63.4 Å². The summed E-state index contributed by atoms with van der Waals surface area (Å²) < 4.78 is 26.1. The molecule has 0 heterocycles. The Morgan fingerprint density at radius 1 is 0.872 bits per heavy atom. The lowest BCUT2D eigenvalue weighted by atomic mass is 10.0. The van der Waals surface area contributed by atoms with Crippen LogP contribution in [0.1, 0.15) is 50.8 Å². The largest absolute Gasteiger partial charge is 0.490 e. The van der Waals surface area contributed by atoms with Crippen LogP contribution in [0.4, 0.5) is 4.39 Å². The van der Waals surface area contributed by atoms with Gasteiger partial charge in [-0.1, -0.05) is 54.6 Å². The summed E-state index contributed by atoms with van der Waals surface area (Å²) in [6, 6.07) is 20.7. The predicted molar refractivity (Wildman–Crippen MR) is 151 cm³/mol. The molecule has 7 heteroatoms. The standard InChI is InChI=1S/C32H39FN2O4/c1-5-38-29-18-16-25(21-30(29)39-6-2)17-19-31(36)35(22-26-14-10-11-15-27(26)33)28(32(37)34-23(3)4)20-24-12-8-7-9-13-24/h7-16,18,21,23,28H,5-6,17,19-20,22H2,1-4H3,(H,34,37)/t28-/m0/s1. The lowest BCUT2D eigenvalue weighted by molar-refractivity contribution is -0.141. The molecule has 0 spiro atoms. The average Bonchev–Trinajstić information content (AvgIpc) is 2.92. The Balaban J connectivity index is 1.90. The molecule has 0 aliphatic heterocycles. The first-order valence-electron chi connectivity index (χ1n) is 13.6. The smallest absolute Gasteiger partial charge is 0.243 e. The van der Waals surface area contributed by atoms with Crippen LogP contribution in [0.5, 0.6) is 11.5 Å². The highest BCUT2D eigenvalue weighted by molar-refractivity contribution is 5.88. The summed E-state index contributed by atoms with van der Waals surface area (Å²) in [5.74, 6) is 0.378. The molecule has 0 unspecified atom stereocenters. The molecule has 3 rings (SSSR count). The third-order valence-corrected chi connectivity index (χ3v) is 6.24. The van der Waals surface area contributed by atoms with Crippen molar-refractivity contribution >= 4 is 11.8 Å². The van der Waals surface area contributed by atoms with E-state index in [0.717, 1.165) is 11.1 Å². The number of nitrogens with zero attached hydrogens (tertiary/aromatic N) is 1. The van der Waals surface area contributed by atoms with Crippen molar-refractivity contribution in [3.8, 4) is 11.5 Å². The van der Waals surface area contributed by atoms with E-state index < -0.39 is 11.9 Å². The Bertz CT molecular complexity index is 1220. The van der Waals surface area contributed by atoms with Crippen molar-refractivity contribution in [2.24, 2.45) is 0 Å². The van der Waals surface area contributed by atoms with Crippen molar-refractivity contribution in [3.63, 3.8) is 0 Å². The minimum atomic E-state index is -0.804. The van der Waals surface area contributed by atoms with Crippen LogP contribution in [0.2, 0.25) is 0 Å². The van der Waals surface area contributed by atoms with E-state index in [2.05, 4.69) is 5.32 Å². The van der Waals surface area contributed by atoms with Crippen LogP contribution in [0, 0.1) is 5.82 Å². The molecule has 0 radical (unpaired) electrons. The van der Waals surface area contributed by atoms with Gasteiger partial charge in [-0.15, -0.1) is 0 Å². The fraction of sp³-hybridized carbons (Fsp3) is 0.375. The lowest BCUT2D eigenvalue weighted by Gasteiger charge is -2.32. The van der Waals surface area contributed by atoms with Crippen molar-refractivity contribution in [3.05, 3.63) is 95.3 Å². The second kappa shape index (κ2) is 14.9. The zero-order valence-electron chi connectivity index (χ0n) is 23.3. The highest BCUT2D eigenvalue weighted by atomic mass is 19.1. The number of rotatable bonds is 14. The minimum Gasteiger partial charge on any atom is -0.490 e. The topological polar surface area (TPSA) is 67.9 Å². The number of halogens is 1. The van der Waals surface area contributed by atoms with E-state index >= 15 is 0 Å². The molecule has 1 atom stereocenters. The van der Waals surface area contributed by atoms with Gasteiger partial charge in [0, 0.05) is 31.0 Å². The van der Waals surface area contributed by atoms with Gasteiger partial charge in [-0.25, -0.2) is 4.39 Å². The molecule has 0 fully saturated rings. The van der Waals surface area contributed by atoms with Crippen LogP contribution in [-0.4, -0.2) is 42.0 Å². The molecule has 0 aliphatic carbocycles. The van der Waals surface area contributed by atoms with Crippen molar-refractivity contribution < 1.29 is 23.5 Å². The Hall–Kier alpha value is -3.87. The number of hydrogen-bond acceptors (Lipinski definition) is 4. The maximum atomic E-state index is 14.7. The summed E-state index contributed by atoms with van der Waals surface area (Å²) in [4.78, 5) is 28.8. The number of nitrogens with one attached hydrogen (secondary N) is 1. The number of ether oxygens (including phenoxy) is 2. The number of hydrogen-bond donors (Lipinski definition) is 1. The Morgan fingerprint density at radius 2 is 1.54 bits per heavy atom. The highest BCUT2D eigenvalue weighted by Gasteiger charge is 2.31. The van der Waals surface area contributed by atoms with Crippen molar-refractivity contribution in [1.29, 1.82) is 0 Å². The fourth-order valence-corrected chi connectivity index (χ4v) is 4.39. The fourth-order valence-electron chi connectivity index (χ4n) is 4.39. The molecule has 1 N–H and O–H groups in total. The van der Waals surface area contributed by atoms with Crippen molar-refractivity contribution in [2.75, 3.05) is 13.2 Å². The van der Waals surface area contributed by atoms with Gasteiger partial charge in [-0.2, -0.15) is 0 Å². The quantitative estimate of drug-likeness (QED) is 0.287. The molecular weight excluding hydrogens is 495 g/mol. The van der Waals surface area contributed by atoms with E-state index in [1.54, 1.807) is 18.2 Å². The van der Waals surface area contributed by atoms with Crippen LogP contribution in [-0.2, 0) is 29.0 Å². The summed E-state index contributed by atoms with van der Waals surface area (Å²) in [5.41, 5.74) is 2.19. The van der Waals surface area contributed by atoms with Crippen molar-refractivity contribution in [1.82, 2.24) is 10.2 Å². The van der Waals surface area contributed by atoms with Gasteiger partial charge in [0.2, 0.25) is 11.8 Å². The van der Waals surface area contributed by atoms with Crippen LogP contribution in [0.25, 0.3) is 0 Å². The molecule has 0 saturated heterocycles. The molecule has 0 aliphatic rings. The van der Waals surface area contributed by atoms with E-state index in [4.69, 9.17) is 9.47 Å². The lowest BCUT2D eigenvalue weighted by Crippen LogP contribution is -2.52. The van der Waals surface area contributed by atoms with Gasteiger partial charge in [0.25, 0.3) is 0 Å². The summed E-state index contributed by atoms with van der Waals surface area (Å²) in [7, 11) is 0. The number of carbonyl (C=O) groups excluding carboxylic acids is 2. The van der Waals surface area contributed by atoms with Gasteiger partial charge in [0.15, 0.2) is 11.5 Å². The first-order valence-corrected chi connectivity index (χ1v) is 13.6. The second-order valence-corrected chi connectivity index (χ2v) is 9.63. The molecule has 0 bridgehead atoms. The van der Waals surface area contributed by atoms with E-state index in [9.17, 15) is 14.0 Å². The van der Waals surface area contributed by atoms with Crippen LogP contribution in [0.15, 0.2) is 72.8 Å². The van der Waals surface area contributed by atoms with Gasteiger partial charge < -0.3 is 19.7 Å². The van der Waals surface area contributed by atoms with Gasteiger partial charge in [-0.3, -0.25) is 9.59 Å². The van der Waals surface area contributed by atoms with Crippen molar-refractivity contribution in [2.45, 2.75) is 65.6 Å². The summed E-state index contributed by atoms with van der Waals surface area (Å²) in [5, 5.41) is 2.96. The zero-order chi connectivity index (χ0) is 28.2. The Labute approximate surface area is 231 Å². The minimum absolute atomic E-state index is 0.0119. The maximum Gasteiger partial charge on any atom is 0.243 e. The second-order valence-electron chi connectivity index (χ2n) is 9.63.